The molecule has 0 atom stereocenters. The number of nitrogens with one attached hydrogen (secondary N) is 1. The molecule has 0 amide bonds. The molecule has 0 saturated heterocycles. The second kappa shape index (κ2) is 4.92. The highest BCUT2D eigenvalue weighted by Crippen LogP contribution is 2.27. The molecular formula is C14H16N4. The van der Waals surface area contributed by atoms with E-state index in [-0.39, 0.29) is 0 Å². The van der Waals surface area contributed by atoms with Gasteiger partial charge in [0.2, 0.25) is 0 Å². The van der Waals surface area contributed by atoms with E-state index in [1.807, 2.05) is 24.3 Å². The largest absolute Gasteiger partial charge is 0.398 e. The van der Waals surface area contributed by atoms with E-state index in [0.717, 1.165) is 17.8 Å². The van der Waals surface area contributed by atoms with E-state index < -0.39 is 0 Å². The van der Waals surface area contributed by atoms with Crippen molar-refractivity contribution in [1.82, 2.24) is 9.97 Å². The van der Waals surface area contributed by atoms with Gasteiger partial charge in [0.25, 0.3) is 0 Å². The first-order valence-electron chi connectivity index (χ1n) is 5.95. The summed E-state index contributed by atoms with van der Waals surface area (Å²) in [6, 6.07) is 9.60. The molecule has 0 aliphatic heterocycles. The highest BCUT2D eigenvalue weighted by Gasteiger charge is 2.14. The van der Waals surface area contributed by atoms with Crippen LogP contribution in [-0.2, 0) is 6.42 Å². The Bertz CT molecular complexity index is 590. The van der Waals surface area contributed by atoms with Crippen LogP contribution in [0.1, 0.15) is 25.4 Å². The molecule has 1 aromatic heterocycles. The Morgan fingerprint density at radius 1 is 1.39 bits per heavy atom. The van der Waals surface area contributed by atoms with E-state index in [9.17, 15) is 0 Å². The van der Waals surface area contributed by atoms with Crippen LogP contribution in [0.25, 0.3) is 11.3 Å². The molecule has 1 heterocycles. The third-order valence-corrected chi connectivity index (χ3v) is 2.69. The lowest BCUT2D eigenvalue weighted by Gasteiger charge is -2.03. The van der Waals surface area contributed by atoms with Gasteiger partial charge in [0.15, 0.2) is 5.69 Å². The van der Waals surface area contributed by atoms with Crippen LogP contribution in [0.2, 0.25) is 0 Å². The van der Waals surface area contributed by atoms with E-state index in [0.29, 0.717) is 23.0 Å². The number of nitrogens with two attached hydrogens (primary N) is 1. The first-order chi connectivity index (χ1) is 8.61. The molecule has 4 heteroatoms. The van der Waals surface area contributed by atoms with Gasteiger partial charge in [-0.25, -0.2) is 4.98 Å². The third kappa shape index (κ3) is 2.35. The van der Waals surface area contributed by atoms with Crippen molar-refractivity contribution in [3.05, 3.63) is 35.8 Å². The van der Waals surface area contributed by atoms with Crippen molar-refractivity contribution >= 4 is 5.69 Å². The number of imidazole rings is 1. The van der Waals surface area contributed by atoms with Crippen LogP contribution >= 0.6 is 0 Å². The van der Waals surface area contributed by atoms with Crippen molar-refractivity contribution < 1.29 is 0 Å². The van der Waals surface area contributed by atoms with Crippen LogP contribution in [0.5, 0.6) is 0 Å². The lowest BCUT2D eigenvalue weighted by molar-refractivity contribution is 0.626. The fourth-order valence-corrected chi connectivity index (χ4v) is 1.91. The molecule has 0 aliphatic rings. The first-order valence-corrected chi connectivity index (χ1v) is 5.95. The average Bonchev–Trinajstić information content (AvgIpc) is 2.71. The quantitative estimate of drug-likeness (QED) is 0.809. The molecule has 18 heavy (non-hydrogen) atoms. The Balaban J connectivity index is 2.48. The zero-order valence-electron chi connectivity index (χ0n) is 10.6. The number of nitriles is 1. The number of nitrogen functional groups attached to an aromatic ring is 1. The summed E-state index contributed by atoms with van der Waals surface area (Å²) in [5.41, 5.74) is 8.53. The maximum atomic E-state index is 9.14. The molecule has 92 valence electrons. The van der Waals surface area contributed by atoms with Crippen LogP contribution in [0.4, 0.5) is 5.69 Å². The highest BCUT2D eigenvalue weighted by atomic mass is 14.9. The predicted molar refractivity (Wildman–Crippen MR) is 71.7 cm³/mol. The predicted octanol–water partition coefficient (Wildman–Crippen LogP) is 2.73. The highest BCUT2D eigenvalue weighted by molar-refractivity contribution is 5.76. The van der Waals surface area contributed by atoms with Gasteiger partial charge in [0.1, 0.15) is 11.9 Å². The Morgan fingerprint density at radius 2 is 2.11 bits per heavy atom. The molecule has 0 unspecified atom stereocenters. The van der Waals surface area contributed by atoms with Crippen molar-refractivity contribution in [1.29, 1.82) is 5.26 Å². The summed E-state index contributed by atoms with van der Waals surface area (Å²) in [4.78, 5) is 7.52. The minimum atomic E-state index is 0.406. The van der Waals surface area contributed by atoms with Gasteiger partial charge in [-0.05, 0) is 12.0 Å². The number of aromatic amines is 1. The number of anilines is 1. The third-order valence-electron chi connectivity index (χ3n) is 2.69. The summed E-state index contributed by atoms with van der Waals surface area (Å²) in [6.45, 7) is 4.23. The summed E-state index contributed by atoms with van der Waals surface area (Å²) >= 11 is 0. The SMILES string of the molecule is CC(C)Cc1nc(C#N)c(-c2ccccc2N)[nH]1. The van der Waals surface area contributed by atoms with Gasteiger partial charge in [-0.3, -0.25) is 0 Å². The molecule has 1 aromatic carbocycles. The Labute approximate surface area is 106 Å². The minimum absolute atomic E-state index is 0.406. The monoisotopic (exact) mass is 240 g/mol. The molecule has 0 bridgehead atoms. The fourth-order valence-electron chi connectivity index (χ4n) is 1.91. The zero-order chi connectivity index (χ0) is 13.1. The normalized spacial score (nSPS) is 10.6. The molecule has 0 saturated carbocycles. The van der Waals surface area contributed by atoms with E-state index in [1.165, 1.54) is 0 Å². The van der Waals surface area contributed by atoms with Crippen molar-refractivity contribution in [3.8, 4) is 17.3 Å². The van der Waals surface area contributed by atoms with Gasteiger partial charge < -0.3 is 10.7 Å². The molecule has 2 aromatic rings. The number of hydrogen-bond acceptors (Lipinski definition) is 3. The van der Waals surface area contributed by atoms with E-state index in [4.69, 9.17) is 11.0 Å². The standard InChI is InChI=1S/C14H16N4/c1-9(2)7-13-17-12(8-15)14(18-13)10-5-3-4-6-11(10)16/h3-6,9H,7,16H2,1-2H3,(H,17,18). The topological polar surface area (TPSA) is 78.5 Å². The molecule has 0 fully saturated rings. The number of aromatic nitrogens is 2. The van der Waals surface area contributed by atoms with Gasteiger partial charge >= 0.3 is 0 Å². The molecule has 2 rings (SSSR count). The maximum Gasteiger partial charge on any atom is 0.166 e. The first kappa shape index (κ1) is 12.2. The van der Waals surface area contributed by atoms with Gasteiger partial charge in [-0.2, -0.15) is 5.26 Å². The van der Waals surface area contributed by atoms with Crippen LogP contribution in [0, 0.1) is 17.2 Å². The molecule has 0 spiro atoms. The molecule has 0 aliphatic carbocycles. The van der Waals surface area contributed by atoms with Gasteiger partial charge in [0.05, 0.1) is 5.69 Å². The summed E-state index contributed by atoms with van der Waals surface area (Å²) < 4.78 is 0. The number of rotatable bonds is 3. The Morgan fingerprint density at radius 3 is 2.72 bits per heavy atom. The minimum Gasteiger partial charge on any atom is -0.398 e. The smallest absolute Gasteiger partial charge is 0.166 e. The Hall–Kier alpha value is -2.28. The molecule has 3 N–H and O–H groups in total. The number of benzene rings is 1. The summed E-state index contributed by atoms with van der Waals surface area (Å²) in [6.07, 6.45) is 0.821. The second-order valence-electron chi connectivity index (χ2n) is 4.70. The number of H-pyrrole nitrogens is 1. The number of para-hydroxylation sites is 1. The van der Waals surface area contributed by atoms with Crippen LogP contribution in [-0.4, -0.2) is 9.97 Å². The summed E-state index contributed by atoms with van der Waals surface area (Å²) in [7, 11) is 0. The lowest BCUT2D eigenvalue weighted by atomic mass is 10.1. The van der Waals surface area contributed by atoms with Crippen molar-refractivity contribution in [2.45, 2.75) is 20.3 Å². The van der Waals surface area contributed by atoms with E-state index in [2.05, 4.69) is 29.9 Å². The molecule has 4 nitrogen and oxygen atoms in total. The lowest BCUT2D eigenvalue weighted by Crippen LogP contribution is -1.96. The van der Waals surface area contributed by atoms with Crippen LogP contribution in [0.3, 0.4) is 0 Å². The molecule has 0 radical (unpaired) electrons. The van der Waals surface area contributed by atoms with Crippen molar-refractivity contribution in [2.24, 2.45) is 5.92 Å². The molecular weight excluding hydrogens is 224 g/mol. The summed E-state index contributed by atoms with van der Waals surface area (Å²) in [5.74, 6) is 1.32. The zero-order valence-corrected chi connectivity index (χ0v) is 10.6. The average molecular weight is 240 g/mol. The van der Waals surface area contributed by atoms with E-state index in [1.54, 1.807) is 0 Å². The van der Waals surface area contributed by atoms with Gasteiger partial charge in [-0.1, -0.05) is 32.0 Å². The number of nitrogens with zero attached hydrogens (tertiary/aromatic N) is 2. The van der Waals surface area contributed by atoms with Crippen LogP contribution in [0.15, 0.2) is 24.3 Å². The fraction of sp³-hybridized carbons (Fsp3) is 0.286. The Kier molecular flexibility index (Phi) is 3.33. The van der Waals surface area contributed by atoms with Crippen LogP contribution < -0.4 is 5.73 Å². The van der Waals surface area contributed by atoms with Gasteiger partial charge in [0, 0.05) is 17.7 Å². The summed E-state index contributed by atoms with van der Waals surface area (Å²) in [5, 5.41) is 9.14. The van der Waals surface area contributed by atoms with Gasteiger partial charge in [-0.15, -0.1) is 0 Å². The number of hydrogen-bond donors (Lipinski definition) is 2. The maximum absolute atomic E-state index is 9.14. The second-order valence-corrected chi connectivity index (χ2v) is 4.70. The van der Waals surface area contributed by atoms with Crippen molar-refractivity contribution in [2.75, 3.05) is 5.73 Å². The van der Waals surface area contributed by atoms with E-state index >= 15 is 0 Å². The van der Waals surface area contributed by atoms with Crippen molar-refractivity contribution in [3.63, 3.8) is 0 Å².